The summed E-state index contributed by atoms with van der Waals surface area (Å²) in [5, 5.41) is 5.16. The fourth-order valence-corrected chi connectivity index (χ4v) is 3.90. The molecule has 0 saturated carbocycles. The van der Waals surface area contributed by atoms with E-state index >= 15 is 0 Å². The van der Waals surface area contributed by atoms with Gasteiger partial charge in [-0.25, -0.2) is 23.7 Å². The van der Waals surface area contributed by atoms with Crippen molar-refractivity contribution >= 4 is 16.6 Å². The molecule has 1 atom stereocenters. The average molecular weight is 400 g/mol. The molecular weight excluding hydrogens is 387 g/mol. The second kappa shape index (κ2) is 5.96. The molecule has 5 aromatic rings. The van der Waals surface area contributed by atoms with Crippen molar-refractivity contribution in [2.24, 2.45) is 0 Å². The molecule has 3 aromatic heterocycles. The van der Waals surface area contributed by atoms with Gasteiger partial charge in [0.25, 0.3) is 0 Å². The van der Waals surface area contributed by atoms with Gasteiger partial charge in [-0.3, -0.25) is 0 Å². The average Bonchev–Trinajstić information content (AvgIpc) is 3.18. The summed E-state index contributed by atoms with van der Waals surface area (Å²) in [5.41, 5.74) is 2.26. The van der Waals surface area contributed by atoms with Gasteiger partial charge in [0, 0.05) is 11.5 Å². The first-order valence-corrected chi connectivity index (χ1v) is 9.35. The molecule has 0 saturated heterocycles. The third kappa shape index (κ3) is 2.30. The van der Waals surface area contributed by atoms with Crippen LogP contribution < -0.4 is 10.4 Å². The molecule has 1 unspecified atom stereocenters. The van der Waals surface area contributed by atoms with Gasteiger partial charge in [-0.05, 0) is 36.4 Å². The summed E-state index contributed by atoms with van der Waals surface area (Å²) in [4.78, 5) is 21.8. The number of hydrogen-bond acceptors (Lipinski definition) is 6. The fourth-order valence-electron chi connectivity index (χ4n) is 3.90. The minimum Gasteiger partial charge on any atom is -0.437 e. The monoisotopic (exact) mass is 400 g/mol. The second-order valence-corrected chi connectivity index (χ2v) is 7.13. The first-order chi connectivity index (χ1) is 14.6. The van der Waals surface area contributed by atoms with Crippen LogP contribution in [0.3, 0.4) is 0 Å². The minimum atomic E-state index is -0.456. The minimum absolute atomic E-state index is 0.334. The lowest BCUT2D eigenvalue weighted by Gasteiger charge is -2.24. The van der Waals surface area contributed by atoms with Gasteiger partial charge in [-0.2, -0.15) is 0 Å². The van der Waals surface area contributed by atoms with E-state index in [2.05, 4.69) is 15.1 Å². The highest BCUT2D eigenvalue weighted by molar-refractivity contribution is 5.86. The molecule has 0 spiro atoms. The maximum atomic E-state index is 13.3. The van der Waals surface area contributed by atoms with Crippen LogP contribution in [-0.2, 0) is 0 Å². The molecular formula is C22H13FN4O3. The number of benzene rings is 2. The molecule has 4 heterocycles. The van der Waals surface area contributed by atoms with Crippen LogP contribution >= 0.6 is 0 Å². The Morgan fingerprint density at radius 1 is 1.07 bits per heavy atom. The Morgan fingerprint density at radius 2 is 1.87 bits per heavy atom. The number of aromatic nitrogens is 4. The predicted octanol–water partition coefficient (Wildman–Crippen LogP) is 4.29. The number of hydrogen-bond donors (Lipinski definition) is 0. The van der Waals surface area contributed by atoms with Crippen molar-refractivity contribution in [3.63, 3.8) is 0 Å². The predicted molar refractivity (Wildman–Crippen MR) is 106 cm³/mol. The van der Waals surface area contributed by atoms with Crippen LogP contribution in [0.1, 0.15) is 24.0 Å². The molecule has 0 N–H and O–H groups in total. The number of fused-ring (bicyclic) bond motifs is 6. The highest BCUT2D eigenvalue weighted by atomic mass is 19.1. The normalized spacial score (nSPS) is 15.1. The smallest absolute Gasteiger partial charge is 0.343 e. The number of ether oxygens (including phenoxy) is 1. The van der Waals surface area contributed by atoms with E-state index in [4.69, 9.17) is 9.15 Å². The lowest BCUT2D eigenvalue weighted by molar-refractivity contribution is 0.419. The Labute approximate surface area is 168 Å². The van der Waals surface area contributed by atoms with E-state index in [0.29, 0.717) is 50.8 Å². The summed E-state index contributed by atoms with van der Waals surface area (Å²) in [5.74, 6) is 0.548. The van der Waals surface area contributed by atoms with Gasteiger partial charge in [-0.15, -0.1) is 5.10 Å². The topological polar surface area (TPSA) is 82.5 Å². The zero-order valence-corrected chi connectivity index (χ0v) is 15.7. The van der Waals surface area contributed by atoms with Crippen molar-refractivity contribution in [1.29, 1.82) is 0 Å². The standard InChI is InChI=1S/C22H13FN4O3/c1-11-16-18(14-4-2-3-5-15(14)29-22(16)28)30-21-17(11)20-25-19(26-27(20)10-24-21)12-6-8-13(23)9-7-12/h2-11H,1H3. The maximum absolute atomic E-state index is 13.3. The van der Waals surface area contributed by atoms with E-state index in [-0.39, 0.29) is 11.7 Å². The van der Waals surface area contributed by atoms with Crippen LogP contribution in [0.2, 0.25) is 0 Å². The Hall–Kier alpha value is -4.07. The van der Waals surface area contributed by atoms with E-state index in [9.17, 15) is 9.18 Å². The summed E-state index contributed by atoms with van der Waals surface area (Å²) in [6, 6.07) is 13.2. The summed E-state index contributed by atoms with van der Waals surface area (Å²) < 4.78 is 26.4. The third-order valence-electron chi connectivity index (χ3n) is 5.35. The van der Waals surface area contributed by atoms with Gasteiger partial charge in [0.05, 0.1) is 16.5 Å². The van der Waals surface area contributed by atoms with Crippen LogP contribution in [0.4, 0.5) is 4.39 Å². The summed E-state index contributed by atoms with van der Waals surface area (Å²) >= 11 is 0. The fraction of sp³-hybridized carbons (Fsp3) is 0.0909. The Morgan fingerprint density at radius 3 is 2.70 bits per heavy atom. The molecule has 146 valence electrons. The van der Waals surface area contributed by atoms with E-state index in [1.54, 1.807) is 24.3 Å². The molecule has 0 fully saturated rings. The molecule has 1 aliphatic rings. The van der Waals surface area contributed by atoms with E-state index < -0.39 is 5.63 Å². The van der Waals surface area contributed by atoms with Crippen LogP contribution in [0.25, 0.3) is 28.0 Å². The highest BCUT2D eigenvalue weighted by Crippen LogP contribution is 2.45. The first-order valence-electron chi connectivity index (χ1n) is 9.35. The third-order valence-corrected chi connectivity index (χ3v) is 5.35. The SMILES string of the molecule is CC1c2c(c3ccccc3oc2=O)Oc2ncn3nc(-c4ccc(F)cc4)nc3c21. The van der Waals surface area contributed by atoms with Crippen LogP contribution in [-0.4, -0.2) is 19.6 Å². The molecule has 7 nitrogen and oxygen atoms in total. The second-order valence-electron chi connectivity index (χ2n) is 7.13. The molecule has 30 heavy (non-hydrogen) atoms. The van der Waals surface area contributed by atoms with Crippen molar-refractivity contribution in [3.05, 3.63) is 82.2 Å². The van der Waals surface area contributed by atoms with E-state index in [0.717, 1.165) is 0 Å². The highest BCUT2D eigenvalue weighted by Gasteiger charge is 2.33. The number of para-hydroxylation sites is 1. The van der Waals surface area contributed by atoms with Crippen molar-refractivity contribution in [2.45, 2.75) is 12.8 Å². The molecule has 8 heteroatoms. The van der Waals surface area contributed by atoms with Crippen LogP contribution in [0, 0.1) is 5.82 Å². The molecule has 6 rings (SSSR count). The van der Waals surface area contributed by atoms with Crippen molar-refractivity contribution < 1.29 is 13.5 Å². The van der Waals surface area contributed by atoms with E-state index in [1.807, 2.05) is 19.1 Å². The van der Waals surface area contributed by atoms with Gasteiger partial charge < -0.3 is 9.15 Å². The van der Waals surface area contributed by atoms with Crippen molar-refractivity contribution in [2.75, 3.05) is 0 Å². The zero-order valence-electron chi connectivity index (χ0n) is 15.7. The summed E-state index contributed by atoms with van der Waals surface area (Å²) in [6.07, 6.45) is 1.51. The lowest BCUT2D eigenvalue weighted by Crippen LogP contribution is -2.19. The van der Waals surface area contributed by atoms with Crippen LogP contribution in [0.15, 0.2) is 64.1 Å². The van der Waals surface area contributed by atoms with Crippen molar-refractivity contribution in [3.8, 4) is 23.0 Å². The maximum Gasteiger partial charge on any atom is 0.343 e. The zero-order chi connectivity index (χ0) is 20.4. The Balaban J connectivity index is 1.58. The summed E-state index contributed by atoms with van der Waals surface area (Å²) in [7, 11) is 0. The van der Waals surface area contributed by atoms with Crippen LogP contribution in [0.5, 0.6) is 11.6 Å². The molecule has 0 amide bonds. The van der Waals surface area contributed by atoms with Gasteiger partial charge in [0.2, 0.25) is 5.88 Å². The molecule has 0 radical (unpaired) electrons. The van der Waals surface area contributed by atoms with Gasteiger partial charge in [0.15, 0.2) is 17.2 Å². The number of halogens is 1. The molecule has 2 aromatic carbocycles. The first kappa shape index (κ1) is 16.8. The molecule has 1 aliphatic heterocycles. The van der Waals surface area contributed by atoms with E-state index in [1.165, 1.54) is 23.0 Å². The lowest BCUT2D eigenvalue weighted by atomic mass is 9.92. The Kier molecular flexibility index (Phi) is 3.35. The molecule has 0 aliphatic carbocycles. The quantitative estimate of drug-likeness (QED) is 0.390. The molecule has 0 bridgehead atoms. The Bertz CT molecular complexity index is 1520. The van der Waals surface area contributed by atoms with Crippen molar-refractivity contribution in [1.82, 2.24) is 19.6 Å². The van der Waals surface area contributed by atoms with Gasteiger partial charge in [0.1, 0.15) is 17.7 Å². The largest absolute Gasteiger partial charge is 0.437 e. The number of nitrogens with zero attached hydrogens (tertiary/aromatic N) is 4. The summed E-state index contributed by atoms with van der Waals surface area (Å²) in [6.45, 7) is 1.89. The van der Waals surface area contributed by atoms with Gasteiger partial charge in [-0.1, -0.05) is 19.1 Å². The van der Waals surface area contributed by atoms with Gasteiger partial charge >= 0.3 is 5.63 Å². The number of rotatable bonds is 1.